The predicted molar refractivity (Wildman–Crippen MR) is 82.4 cm³/mol. The molecular weight excluding hydrogens is 248 g/mol. The van der Waals surface area contributed by atoms with Gasteiger partial charge in [0.1, 0.15) is 0 Å². The largest absolute Gasteiger partial charge is 0.404 e. The molecule has 4 heteroatoms. The minimum atomic E-state index is 0.438. The Hall–Kier alpha value is -2.23. The van der Waals surface area contributed by atoms with E-state index in [0.717, 1.165) is 41.1 Å². The second kappa shape index (κ2) is 5.41. The highest BCUT2D eigenvalue weighted by Crippen LogP contribution is 2.29. The molecule has 0 unspecified atom stereocenters. The molecule has 0 saturated heterocycles. The molecule has 20 heavy (non-hydrogen) atoms. The number of aromatic nitrogens is 2. The summed E-state index contributed by atoms with van der Waals surface area (Å²) in [6.45, 7) is 2.25. The highest BCUT2D eigenvalue weighted by Gasteiger charge is 2.23. The van der Waals surface area contributed by atoms with Crippen LogP contribution in [0, 0.1) is 5.92 Å². The van der Waals surface area contributed by atoms with Crippen LogP contribution in [0.5, 0.6) is 0 Å². The number of hydrogen-bond donors (Lipinski definition) is 1. The zero-order chi connectivity index (χ0) is 13.9. The maximum atomic E-state index is 5.70. The van der Waals surface area contributed by atoms with Crippen LogP contribution in [0.15, 0.2) is 41.7 Å². The van der Waals surface area contributed by atoms with E-state index < -0.39 is 0 Å². The molecule has 0 radical (unpaired) electrons. The Morgan fingerprint density at radius 2 is 2.05 bits per heavy atom. The Morgan fingerprint density at radius 1 is 1.30 bits per heavy atom. The molecule has 1 heterocycles. The van der Waals surface area contributed by atoms with Crippen LogP contribution in [-0.2, 0) is 0 Å². The van der Waals surface area contributed by atoms with Crippen molar-refractivity contribution >= 4 is 22.8 Å². The number of para-hydroxylation sites is 2. The number of allylic oxidation sites excluding steroid dienone is 1. The highest BCUT2D eigenvalue weighted by atomic mass is 14.8. The summed E-state index contributed by atoms with van der Waals surface area (Å²) in [4.78, 5) is 13.6. The van der Waals surface area contributed by atoms with Gasteiger partial charge in [0.2, 0.25) is 0 Å². The molecule has 0 atom stereocenters. The van der Waals surface area contributed by atoms with Crippen molar-refractivity contribution < 1.29 is 0 Å². The second-order valence-electron chi connectivity index (χ2n) is 5.37. The van der Waals surface area contributed by atoms with Gasteiger partial charge in [-0.25, -0.2) is 4.98 Å². The number of aliphatic imine (C=N–C) groups is 1. The van der Waals surface area contributed by atoms with Crippen LogP contribution in [-0.4, -0.2) is 22.2 Å². The van der Waals surface area contributed by atoms with E-state index in [2.05, 4.69) is 21.9 Å². The minimum Gasteiger partial charge on any atom is -0.404 e. The zero-order valence-corrected chi connectivity index (χ0v) is 11.5. The number of nitrogens with two attached hydrogens (primary N) is 1. The van der Waals surface area contributed by atoms with E-state index in [1.807, 2.05) is 30.5 Å². The fraction of sp³-hybridized carbons (Fsp3) is 0.312. The Bertz CT molecular complexity index is 669. The second-order valence-corrected chi connectivity index (χ2v) is 5.37. The third kappa shape index (κ3) is 2.54. The summed E-state index contributed by atoms with van der Waals surface area (Å²) in [5.74, 6) is 0.794. The summed E-state index contributed by atoms with van der Waals surface area (Å²) in [6.07, 6.45) is 7.45. The van der Waals surface area contributed by atoms with E-state index >= 15 is 0 Å². The van der Waals surface area contributed by atoms with Crippen LogP contribution in [0.2, 0.25) is 0 Å². The summed E-state index contributed by atoms with van der Waals surface area (Å²) < 4.78 is 0. The molecule has 2 aromatic rings. The molecule has 1 saturated carbocycles. The molecule has 1 fully saturated rings. The molecule has 3 rings (SSSR count). The zero-order valence-electron chi connectivity index (χ0n) is 11.5. The first-order valence-corrected chi connectivity index (χ1v) is 6.93. The molecule has 4 nitrogen and oxygen atoms in total. The average molecular weight is 266 g/mol. The molecule has 2 N–H and O–H groups in total. The smallest absolute Gasteiger partial charge is 0.0922 e. The summed E-state index contributed by atoms with van der Waals surface area (Å²) in [7, 11) is 0. The van der Waals surface area contributed by atoms with E-state index in [9.17, 15) is 0 Å². The first kappa shape index (κ1) is 12.8. The maximum absolute atomic E-state index is 5.70. The van der Waals surface area contributed by atoms with Crippen molar-refractivity contribution in [1.29, 1.82) is 0 Å². The van der Waals surface area contributed by atoms with E-state index in [1.165, 1.54) is 0 Å². The van der Waals surface area contributed by atoms with Gasteiger partial charge in [-0.05, 0) is 30.9 Å². The lowest BCUT2D eigenvalue weighted by atomic mass is 9.82. The van der Waals surface area contributed by atoms with Crippen molar-refractivity contribution in [3.63, 3.8) is 0 Å². The van der Waals surface area contributed by atoms with Gasteiger partial charge in [0.25, 0.3) is 0 Å². The lowest BCUT2D eigenvalue weighted by Gasteiger charge is -2.29. The highest BCUT2D eigenvalue weighted by molar-refractivity contribution is 6.09. The fourth-order valence-electron chi connectivity index (χ4n) is 2.46. The van der Waals surface area contributed by atoms with Gasteiger partial charge in [-0.2, -0.15) is 0 Å². The third-order valence-electron chi connectivity index (χ3n) is 3.70. The summed E-state index contributed by atoms with van der Waals surface area (Å²) in [6, 6.07) is 8.24. The van der Waals surface area contributed by atoms with E-state index in [4.69, 9.17) is 5.73 Å². The Labute approximate surface area is 118 Å². The lowest BCUT2D eigenvalue weighted by Crippen LogP contribution is -2.24. The molecule has 1 aliphatic rings. The number of hydrogen-bond acceptors (Lipinski definition) is 4. The van der Waals surface area contributed by atoms with Gasteiger partial charge in [0.05, 0.1) is 29.0 Å². The summed E-state index contributed by atoms with van der Waals surface area (Å²) in [5, 5.41) is 0. The Morgan fingerprint density at radius 3 is 2.75 bits per heavy atom. The molecular formula is C16H18N4. The van der Waals surface area contributed by atoms with Crippen molar-refractivity contribution in [2.75, 3.05) is 0 Å². The van der Waals surface area contributed by atoms with Gasteiger partial charge in [-0.1, -0.05) is 19.1 Å². The first-order chi connectivity index (χ1) is 9.76. The van der Waals surface area contributed by atoms with Crippen LogP contribution in [0.1, 0.15) is 25.5 Å². The first-order valence-electron chi connectivity index (χ1n) is 6.93. The molecule has 102 valence electrons. The summed E-state index contributed by atoms with van der Waals surface area (Å²) in [5.41, 5.74) is 9.05. The van der Waals surface area contributed by atoms with Crippen molar-refractivity contribution in [3.8, 4) is 0 Å². The van der Waals surface area contributed by atoms with Crippen molar-refractivity contribution in [2.24, 2.45) is 16.6 Å². The normalized spacial score (nSPS) is 23.1. The number of rotatable bonds is 3. The van der Waals surface area contributed by atoms with E-state index in [0.29, 0.717) is 6.04 Å². The van der Waals surface area contributed by atoms with Gasteiger partial charge in [-0.3, -0.25) is 9.98 Å². The third-order valence-corrected chi connectivity index (χ3v) is 3.70. The predicted octanol–water partition coefficient (Wildman–Crippen LogP) is 2.80. The van der Waals surface area contributed by atoms with Crippen molar-refractivity contribution in [2.45, 2.75) is 25.8 Å². The molecule has 0 amide bonds. The molecule has 0 aliphatic heterocycles. The molecule has 0 bridgehead atoms. The SMILES string of the molecule is CC1CC(N=CC(=CN)c2cnc3ccccc3n2)C1. The number of nitrogens with zero attached hydrogens (tertiary/aromatic N) is 3. The molecule has 1 aromatic heterocycles. The quantitative estimate of drug-likeness (QED) is 0.869. The van der Waals surface area contributed by atoms with Gasteiger partial charge >= 0.3 is 0 Å². The van der Waals surface area contributed by atoms with Crippen LogP contribution in [0.3, 0.4) is 0 Å². The van der Waals surface area contributed by atoms with E-state index in [-0.39, 0.29) is 0 Å². The van der Waals surface area contributed by atoms with Crippen LogP contribution < -0.4 is 5.73 Å². The average Bonchev–Trinajstić information content (AvgIpc) is 2.45. The van der Waals surface area contributed by atoms with Crippen molar-refractivity contribution in [1.82, 2.24) is 9.97 Å². The minimum absolute atomic E-state index is 0.438. The summed E-state index contributed by atoms with van der Waals surface area (Å²) >= 11 is 0. The topological polar surface area (TPSA) is 64.2 Å². The van der Waals surface area contributed by atoms with Crippen molar-refractivity contribution in [3.05, 3.63) is 42.4 Å². The molecule has 1 aliphatic carbocycles. The fourth-order valence-corrected chi connectivity index (χ4v) is 2.46. The maximum Gasteiger partial charge on any atom is 0.0922 e. The standard InChI is InChI=1S/C16H18N4/c1-11-6-13(7-11)18-9-12(8-17)16-10-19-14-4-2-3-5-15(14)20-16/h2-5,8-11,13H,6-7,17H2,1H3. The van der Waals surface area contributed by atoms with Gasteiger partial charge in [0.15, 0.2) is 0 Å². The number of fused-ring (bicyclic) bond motifs is 1. The monoisotopic (exact) mass is 266 g/mol. The Kier molecular flexibility index (Phi) is 3.46. The Balaban J connectivity index is 1.84. The molecule has 0 spiro atoms. The van der Waals surface area contributed by atoms with Crippen LogP contribution in [0.25, 0.3) is 16.6 Å². The number of benzene rings is 1. The van der Waals surface area contributed by atoms with Gasteiger partial charge < -0.3 is 5.73 Å². The van der Waals surface area contributed by atoms with Gasteiger partial charge in [0, 0.05) is 18.0 Å². The van der Waals surface area contributed by atoms with Crippen LogP contribution >= 0.6 is 0 Å². The van der Waals surface area contributed by atoms with E-state index in [1.54, 1.807) is 12.4 Å². The van der Waals surface area contributed by atoms with Crippen LogP contribution in [0.4, 0.5) is 0 Å². The lowest BCUT2D eigenvalue weighted by molar-refractivity contribution is 0.293. The van der Waals surface area contributed by atoms with Gasteiger partial charge in [-0.15, -0.1) is 0 Å². The molecule has 1 aromatic carbocycles.